The fourth-order valence-corrected chi connectivity index (χ4v) is 3.81. The van der Waals surface area contributed by atoms with E-state index in [1.807, 2.05) is 17.0 Å². The summed E-state index contributed by atoms with van der Waals surface area (Å²) in [4.78, 5) is 15.1. The minimum absolute atomic E-state index is 0.139. The van der Waals surface area contributed by atoms with Crippen molar-refractivity contribution in [2.24, 2.45) is 0 Å². The molecular weight excluding hydrogens is 366 g/mol. The Kier molecular flexibility index (Phi) is 5.16. The number of nitrogens with zero attached hydrogens (tertiary/aromatic N) is 2. The predicted octanol–water partition coefficient (Wildman–Crippen LogP) is 4.45. The number of rotatable bonds is 4. The molecule has 2 amide bonds. The molecular formula is C23H25N3O3. The second kappa shape index (κ2) is 7.91. The monoisotopic (exact) mass is 391 g/mol. The van der Waals surface area contributed by atoms with Crippen LogP contribution in [0.15, 0.2) is 60.8 Å². The molecule has 3 aromatic rings. The maximum Gasteiger partial charge on any atom is 0.322 e. The Labute approximate surface area is 170 Å². The molecule has 2 aromatic carbocycles. The van der Waals surface area contributed by atoms with Crippen LogP contribution in [-0.2, 0) is 6.54 Å². The van der Waals surface area contributed by atoms with E-state index in [-0.39, 0.29) is 12.1 Å². The third-order valence-corrected chi connectivity index (χ3v) is 5.33. The van der Waals surface area contributed by atoms with Crippen molar-refractivity contribution in [3.05, 3.63) is 77.6 Å². The third-order valence-electron chi connectivity index (χ3n) is 5.33. The summed E-state index contributed by atoms with van der Waals surface area (Å²) in [5.74, 6) is 1.20. The number of fused-ring (bicyclic) bond motifs is 1. The van der Waals surface area contributed by atoms with Crippen LogP contribution in [0.1, 0.15) is 22.9 Å². The smallest absolute Gasteiger partial charge is 0.322 e. The van der Waals surface area contributed by atoms with Crippen molar-refractivity contribution in [3.8, 4) is 11.5 Å². The van der Waals surface area contributed by atoms with Gasteiger partial charge in [0.25, 0.3) is 0 Å². The summed E-state index contributed by atoms with van der Waals surface area (Å²) in [6, 6.07) is 17.6. The summed E-state index contributed by atoms with van der Waals surface area (Å²) in [6.07, 6.45) is 2.07. The molecule has 0 saturated heterocycles. The van der Waals surface area contributed by atoms with Crippen LogP contribution in [0.3, 0.4) is 0 Å². The minimum Gasteiger partial charge on any atom is -0.493 e. The summed E-state index contributed by atoms with van der Waals surface area (Å²) in [5.41, 5.74) is 4.07. The highest BCUT2D eigenvalue weighted by molar-refractivity contribution is 5.90. The molecule has 0 aliphatic carbocycles. The van der Waals surface area contributed by atoms with Crippen LogP contribution in [0, 0.1) is 6.92 Å². The first kappa shape index (κ1) is 18.9. The molecule has 0 radical (unpaired) electrons. The molecule has 1 aromatic heterocycles. The fourth-order valence-electron chi connectivity index (χ4n) is 3.81. The number of hydrogen-bond acceptors (Lipinski definition) is 3. The van der Waals surface area contributed by atoms with Crippen molar-refractivity contribution in [3.63, 3.8) is 0 Å². The standard InChI is InChI=1S/C23H25N3O3/c1-16-6-8-17(9-7-16)22-19-5-4-12-25(19)13-14-26(22)23(27)24-18-10-11-20(28-2)21(15-18)29-3/h4-12,15,22H,13-14H2,1-3H3,(H,24,27)/t22-/m0/s1. The van der Waals surface area contributed by atoms with Crippen LogP contribution >= 0.6 is 0 Å². The van der Waals surface area contributed by atoms with Gasteiger partial charge in [0.1, 0.15) is 0 Å². The van der Waals surface area contributed by atoms with Crippen LogP contribution in [0.25, 0.3) is 0 Å². The first-order valence-corrected chi connectivity index (χ1v) is 9.62. The lowest BCUT2D eigenvalue weighted by molar-refractivity contribution is 0.182. The molecule has 2 heterocycles. The molecule has 0 fully saturated rings. The Morgan fingerprint density at radius 2 is 1.76 bits per heavy atom. The summed E-state index contributed by atoms with van der Waals surface area (Å²) < 4.78 is 12.8. The van der Waals surface area contributed by atoms with Gasteiger partial charge in [-0.1, -0.05) is 29.8 Å². The lowest BCUT2D eigenvalue weighted by Gasteiger charge is -2.37. The van der Waals surface area contributed by atoms with Crippen LogP contribution < -0.4 is 14.8 Å². The topological polar surface area (TPSA) is 55.7 Å². The number of hydrogen-bond donors (Lipinski definition) is 1. The van der Waals surface area contributed by atoms with Gasteiger partial charge in [0.2, 0.25) is 0 Å². The molecule has 0 bridgehead atoms. The number of carbonyl (C=O) groups is 1. The Balaban J connectivity index is 1.64. The minimum atomic E-state index is -0.143. The van der Waals surface area contributed by atoms with Crippen molar-refractivity contribution in [2.75, 3.05) is 26.1 Å². The molecule has 1 atom stereocenters. The number of aryl methyl sites for hydroxylation is 1. The highest BCUT2D eigenvalue weighted by Gasteiger charge is 2.32. The first-order chi connectivity index (χ1) is 14.1. The van der Waals surface area contributed by atoms with Crippen molar-refractivity contribution >= 4 is 11.7 Å². The van der Waals surface area contributed by atoms with E-state index in [9.17, 15) is 4.79 Å². The number of amides is 2. The predicted molar refractivity (Wildman–Crippen MR) is 113 cm³/mol. The van der Waals surface area contributed by atoms with Crippen LogP contribution in [-0.4, -0.2) is 36.3 Å². The first-order valence-electron chi connectivity index (χ1n) is 9.62. The fraction of sp³-hybridized carbons (Fsp3) is 0.261. The number of methoxy groups -OCH3 is 2. The molecule has 4 rings (SSSR count). The van der Waals surface area contributed by atoms with E-state index in [0.717, 1.165) is 17.8 Å². The number of benzene rings is 2. The van der Waals surface area contributed by atoms with E-state index in [1.165, 1.54) is 5.56 Å². The second-order valence-corrected chi connectivity index (χ2v) is 7.13. The maximum atomic E-state index is 13.2. The van der Waals surface area contributed by atoms with Gasteiger partial charge < -0.3 is 24.3 Å². The molecule has 0 spiro atoms. The Hall–Kier alpha value is -3.41. The average Bonchev–Trinajstić information content (AvgIpc) is 3.22. The van der Waals surface area contributed by atoms with E-state index >= 15 is 0 Å². The molecule has 6 heteroatoms. The van der Waals surface area contributed by atoms with Gasteiger partial charge in [-0.15, -0.1) is 0 Å². The summed E-state index contributed by atoms with van der Waals surface area (Å²) >= 11 is 0. The van der Waals surface area contributed by atoms with Crippen molar-refractivity contribution in [2.45, 2.75) is 19.5 Å². The Bertz CT molecular complexity index is 1010. The zero-order valence-electron chi connectivity index (χ0n) is 16.9. The highest BCUT2D eigenvalue weighted by Crippen LogP contribution is 2.34. The van der Waals surface area contributed by atoms with Gasteiger partial charge in [0, 0.05) is 36.7 Å². The van der Waals surface area contributed by atoms with E-state index in [0.29, 0.717) is 23.7 Å². The zero-order chi connectivity index (χ0) is 20.4. The number of carbonyl (C=O) groups excluding carboxylic acids is 1. The van der Waals surface area contributed by atoms with Gasteiger partial charge >= 0.3 is 6.03 Å². The molecule has 1 aliphatic rings. The van der Waals surface area contributed by atoms with Gasteiger partial charge in [0.15, 0.2) is 11.5 Å². The lowest BCUT2D eigenvalue weighted by atomic mass is 9.99. The lowest BCUT2D eigenvalue weighted by Crippen LogP contribution is -2.44. The van der Waals surface area contributed by atoms with Gasteiger partial charge in [-0.25, -0.2) is 4.79 Å². The van der Waals surface area contributed by atoms with Gasteiger partial charge in [-0.05, 0) is 36.8 Å². The summed E-state index contributed by atoms with van der Waals surface area (Å²) in [6.45, 7) is 3.46. The normalized spacial score (nSPS) is 15.6. The highest BCUT2D eigenvalue weighted by atomic mass is 16.5. The van der Waals surface area contributed by atoms with Crippen molar-refractivity contribution in [1.29, 1.82) is 0 Å². The van der Waals surface area contributed by atoms with Crippen molar-refractivity contribution < 1.29 is 14.3 Å². The molecule has 1 aliphatic heterocycles. The number of ether oxygens (including phenoxy) is 2. The van der Waals surface area contributed by atoms with E-state index in [2.05, 4.69) is 53.3 Å². The quantitative estimate of drug-likeness (QED) is 0.715. The largest absolute Gasteiger partial charge is 0.493 e. The molecule has 29 heavy (non-hydrogen) atoms. The van der Waals surface area contributed by atoms with Crippen LogP contribution in [0.4, 0.5) is 10.5 Å². The summed E-state index contributed by atoms with van der Waals surface area (Å²) in [5, 5.41) is 3.01. The van der Waals surface area contributed by atoms with Crippen LogP contribution in [0.5, 0.6) is 11.5 Å². The Morgan fingerprint density at radius 3 is 2.48 bits per heavy atom. The summed E-state index contributed by atoms with van der Waals surface area (Å²) in [7, 11) is 3.17. The number of anilines is 1. The van der Waals surface area contributed by atoms with Crippen molar-refractivity contribution in [1.82, 2.24) is 9.47 Å². The third kappa shape index (κ3) is 3.66. The molecule has 1 N–H and O–H groups in total. The maximum absolute atomic E-state index is 13.2. The average molecular weight is 391 g/mol. The van der Waals surface area contributed by atoms with Gasteiger partial charge in [-0.2, -0.15) is 0 Å². The zero-order valence-corrected chi connectivity index (χ0v) is 16.9. The van der Waals surface area contributed by atoms with Crippen LogP contribution in [0.2, 0.25) is 0 Å². The Morgan fingerprint density at radius 1 is 1.00 bits per heavy atom. The number of aromatic nitrogens is 1. The number of nitrogens with one attached hydrogen (secondary N) is 1. The molecule has 150 valence electrons. The SMILES string of the molecule is COc1ccc(NC(=O)N2CCn3cccc3[C@@H]2c2ccc(C)cc2)cc1OC. The van der Waals surface area contributed by atoms with E-state index in [4.69, 9.17) is 9.47 Å². The van der Waals surface area contributed by atoms with E-state index < -0.39 is 0 Å². The molecule has 0 saturated carbocycles. The van der Waals surface area contributed by atoms with Gasteiger partial charge in [0.05, 0.1) is 20.3 Å². The molecule has 0 unspecified atom stereocenters. The van der Waals surface area contributed by atoms with E-state index in [1.54, 1.807) is 26.4 Å². The second-order valence-electron chi connectivity index (χ2n) is 7.13. The van der Waals surface area contributed by atoms with Gasteiger partial charge in [-0.3, -0.25) is 0 Å². The molecule has 6 nitrogen and oxygen atoms in total. The number of urea groups is 1.